The predicted octanol–water partition coefficient (Wildman–Crippen LogP) is 3.89. The molecule has 0 fully saturated rings. The third kappa shape index (κ3) is 2.76. The number of hydrogen-bond acceptors (Lipinski definition) is 4. The minimum atomic E-state index is 0.567. The Morgan fingerprint density at radius 1 is 1.50 bits per heavy atom. The first-order valence-electron chi connectivity index (χ1n) is 5.28. The van der Waals surface area contributed by atoms with Crippen LogP contribution in [0.5, 0.6) is 5.75 Å². The molecule has 2 aromatic rings. The number of nitriles is 1. The molecule has 2 rings (SSSR count). The minimum absolute atomic E-state index is 0.567. The van der Waals surface area contributed by atoms with Crippen molar-refractivity contribution >= 4 is 28.6 Å². The van der Waals surface area contributed by atoms with E-state index < -0.39 is 0 Å². The number of ether oxygens (including phenoxy) is 1. The molecule has 92 valence electrons. The summed E-state index contributed by atoms with van der Waals surface area (Å²) in [5.74, 6) is 0.664. The van der Waals surface area contributed by atoms with Gasteiger partial charge in [0.15, 0.2) is 0 Å². The Kier molecular flexibility index (Phi) is 4.08. The highest BCUT2D eigenvalue weighted by atomic mass is 35.5. The van der Waals surface area contributed by atoms with Crippen LogP contribution in [-0.4, -0.2) is 7.11 Å². The van der Waals surface area contributed by atoms with Crippen LogP contribution in [0.4, 0.5) is 5.69 Å². The third-order valence-corrected chi connectivity index (χ3v) is 3.71. The Labute approximate surface area is 115 Å². The third-order valence-electron chi connectivity index (χ3n) is 2.43. The first kappa shape index (κ1) is 12.7. The van der Waals surface area contributed by atoms with Gasteiger partial charge in [0.05, 0.1) is 23.4 Å². The maximum Gasteiger partial charge on any atom is 0.143 e. The molecule has 5 heteroatoms. The Morgan fingerprint density at radius 3 is 2.94 bits per heavy atom. The number of nitrogens with zero attached hydrogens (tertiary/aromatic N) is 1. The average Bonchev–Trinajstić information content (AvgIpc) is 2.81. The maximum absolute atomic E-state index is 9.08. The lowest BCUT2D eigenvalue weighted by Gasteiger charge is -2.11. The molecule has 0 spiro atoms. The van der Waals surface area contributed by atoms with E-state index in [9.17, 15) is 0 Å². The van der Waals surface area contributed by atoms with Gasteiger partial charge in [-0.2, -0.15) is 5.26 Å². The maximum atomic E-state index is 9.08. The van der Waals surface area contributed by atoms with E-state index in [0.717, 1.165) is 9.90 Å². The number of methoxy groups -OCH3 is 1. The number of nitrogens with one attached hydrogen (secondary N) is 1. The van der Waals surface area contributed by atoms with Gasteiger partial charge in [-0.1, -0.05) is 17.7 Å². The molecule has 1 aromatic heterocycles. The van der Waals surface area contributed by atoms with Crippen molar-refractivity contribution in [2.45, 2.75) is 6.54 Å². The molecule has 1 heterocycles. The van der Waals surface area contributed by atoms with Crippen LogP contribution in [0.25, 0.3) is 0 Å². The number of halogens is 1. The highest BCUT2D eigenvalue weighted by molar-refractivity contribution is 7.10. The van der Waals surface area contributed by atoms with Gasteiger partial charge in [-0.05, 0) is 18.2 Å². The number of thiophene rings is 1. The zero-order valence-electron chi connectivity index (χ0n) is 9.74. The zero-order chi connectivity index (χ0) is 13.0. The van der Waals surface area contributed by atoms with Gasteiger partial charge in [0.25, 0.3) is 0 Å². The Morgan fingerprint density at radius 2 is 2.33 bits per heavy atom. The monoisotopic (exact) mass is 278 g/mol. The lowest BCUT2D eigenvalue weighted by atomic mass is 10.2. The molecule has 0 aliphatic heterocycles. The lowest BCUT2D eigenvalue weighted by Crippen LogP contribution is -2.02. The van der Waals surface area contributed by atoms with Crippen molar-refractivity contribution in [3.8, 4) is 11.8 Å². The summed E-state index contributed by atoms with van der Waals surface area (Å²) < 4.78 is 5.25. The van der Waals surface area contributed by atoms with E-state index >= 15 is 0 Å². The van der Waals surface area contributed by atoms with Crippen molar-refractivity contribution in [1.82, 2.24) is 0 Å². The van der Waals surface area contributed by atoms with Crippen LogP contribution in [0.3, 0.4) is 0 Å². The summed E-state index contributed by atoms with van der Waals surface area (Å²) in [7, 11) is 1.59. The Hall–Kier alpha value is -1.70. The molecule has 0 aliphatic carbocycles. The van der Waals surface area contributed by atoms with Crippen molar-refractivity contribution in [2.75, 3.05) is 12.4 Å². The molecule has 0 unspecified atom stereocenters. The van der Waals surface area contributed by atoms with Gasteiger partial charge in [0.1, 0.15) is 11.8 Å². The molecular weight excluding hydrogens is 268 g/mol. The molecule has 0 amide bonds. The van der Waals surface area contributed by atoms with Crippen molar-refractivity contribution < 1.29 is 4.74 Å². The van der Waals surface area contributed by atoms with E-state index in [1.807, 2.05) is 17.5 Å². The summed E-state index contributed by atoms with van der Waals surface area (Å²) in [6, 6.07) is 9.43. The molecule has 1 aromatic carbocycles. The smallest absolute Gasteiger partial charge is 0.143 e. The number of anilines is 1. The number of hydrogen-bond donors (Lipinski definition) is 1. The van der Waals surface area contributed by atoms with Gasteiger partial charge < -0.3 is 10.1 Å². The van der Waals surface area contributed by atoms with Crippen LogP contribution < -0.4 is 10.1 Å². The van der Waals surface area contributed by atoms with Gasteiger partial charge in [0, 0.05) is 16.8 Å². The fraction of sp³-hybridized carbons (Fsp3) is 0.154. The fourth-order valence-electron chi connectivity index (χ4n) is 1.60. The standard InChI is InChI=1S/C13H11ClN2OS/c1-17-12-4-2-3-9(6-15)13(12)16-7-11-5-10(14)8-18-11/h2-5,8,16H,7H2,1H3. The number of rotatable bonds is 4. The molecule has 0 bridgehead atoms. The van der Waals surface area contributed by atoms with Crippen LogP contribution in [0.2, 0.25) is 5.02 Å². The summed E-state index contributed by atoms with van der Waals surface area (Å²) in [4.78, 5) is 1.11. The van der Waals surface area contributed by atoms with Gasteiger partial charge >= 0.3 is 0 Å². The molecule has 0 atom stereocenters. The minimum Gasteiger partial charge on any atom is -0.495 e. The van der Waals surface area contributed by atoms with Gasteiger partial charge in [-0.15, -0.1) is 11.3 Å². The van der Waals surface area contributed by atoms with Crippen molar-refractivity contribution in [3.05, 3.63) is 45.1 Å². The molecule has 1 N–H and O–H groups in total. The molecule has 3 nitrogen and oxygen atoms in total. The van der Waals surface area contributed by atoms with Crippen LogP contribution >= 0.6 is 22.9 Å². The molecule has 0 aliphatic rings. The highest BCUT2D eigenvalue weighted by Gasteiger charge is 2.08. The van der Waals surface area contributed by atoms with Crippen molar-refractivity contribution in [2.24, 2.45) is 0 Å². The van der Waals surface area contributed by atoms with Crippen LogP contribution in [0.1, 0.15) is 10.4 Å². The summed E-state index contributed by atoms with van der Waals surface area (Å²) in [5, 5.41) is 14.9. The molecule has 0 saturated heterocycles. The van der Waals surface area contributed by atoms with E-state index in [4.69, 9.17) is 21.6 Å². The summed E-state index contributed by atoms with van der Waals surface area (Å²) in [6.45, 7) is 0.617. The first-order chi connectivity index (χ1) is 8.74. The lowest BCUT2D eigenvalue weighted by molar-refractivity contribution is 0.416. The SMILES string of the molecule is COc1cccc(C#N)c1NCc1cc(Cl)cs1. The first-order valence-corrected chi connectivity index (χ1v) is 6.54. The Balaban J connectivity index is 2.20. The van der Waals surface area contributed by atoms with E-state index in [1.165, 1.54) is 0 Å². The molecule has 0 saturated carbocycles. The zero-order valence-corrected chi connectivity index (χ0v) is 11.3. The van der Waals surface area contributed by atoms with Crippen LogP contribution in [0, 0.1) is 11.3 Å². The van der Waals surface area contributed by atoms with Crippen molar-refractivity contribution in [1.29, 1.82) is 5.26 Å². The van der Waals surface area contributed by atoms with E-state index in [0.29, 0.717) is 23.5 Å². The van der Waals surface area contributed by atoms with Crippen molar-refractivity contribution in [3.63, 3.8) is 0 Å². The van der Waals surface area contributed by atoms with Gasteiger partial charge in [-0.3, -0.25) is 0 Å². The molecular formula is C13H11ClN2OS. The normalized spacial score (nSPS) is 9.83. The largest absolute Gasteiger partial charge is 0.495 e. The second-order valence-corrected chi connectivity index (χ2v) is 5.01. The van der Waals surface area contributed by atoms with Crippen LogP contribution in [0.15, 0.2) is 29.6 Å². The molecule has 0 radical (unpaired) electrons. The summed E-state index contributed by atoms with van der Waals surface area (Å²) in [6.07, 6.45) is 0. The predicted molar refractivity (Wildman–Crippen MR) is 74.4 cm³/mol. The average molecular weight is 279 g/mol. The van der Waals surface area contributed by atoms with E-state index in [2.05, 4.69) is 11.4 Å². The van der Waals surface area contributed by atoms with Crippen LogP contribution in [-0.2, 0) is 6.54 Å². The fourth-order valence-corrected chi connectivity index (χ4v) is 2.61. The summed E-state index contributed by atoms with van der Waals surface area (Å²) >= 11 is 7.44. The summed E-state index contributed by atoms with van der Waals surface area (Å²) in [5.41, 5.74) is 1.28. The van der Waals surface area contributed by atoms with Gasteiger partial charge in [-0.25, -0.2) is 0 Å². The highest BCUT2D eigenvalue weighted by Crippen LogP contribution is 2.29. The van der Waals surface area contributed by atoms with E-state index in [1.54, 1.807) is 30.6 Å². The number of benzene rings is 1. The Bertz CT molecular complexity index is 589. The quantitative estimate of drug-likeness (QED) is 0.923. The second kappa shape index (κ2) is 5.76. The topological polar surface area (TPSA) is 45.0 Å². The second-order valence-electron chi connectivity index (χ2n) is 3.58. The molecule has 18 heavy (non-hydrogen) atoms. The van der Waals surface area contributed by atoms with Gasteiger partial charge in [0.2, 0.25) is 0 Å². The number of para-hydroxylation sites is 1. The van der Waals surface area contributed by atoms with E-state index in [-0.39, 0.29) is 0 Å².